The molecule has 2 aliphatic rings. The number of nitro benzene ring substituents is 1. The van der Waals surface area contributed by atoms with Crippen LogP contribution in [0.5, 0.6) is 5.75 Å². The van der Waals surface area contributed by atoms with Gasteiger partial charge in [-0.3, -0.25) is 14.9 Å². The number of anilines is 1. The summed E-state index contributed by atoms with van der Waals surface area (Å²) in [6.45, 7) is 4.06. The van der Waals surface area contributed by atoms with Crippen LogP contribution in [0.4, 0.5) is 11.4 Å². The van der Waals surface area contributed by atoms with Crippen LogP contribution >= 0.6 is 0 Å². The number of hydrogen-bond donors (Lipinski definition) is 2. The van der Waals surface area contributed by atoms with E-state index < -0.39 is 4.92 Å². The van der Waals surface area contributed by atoms with Gasteiger partial charge in [0.15, 0.2) is 6.04 Å². The Morgan fingerprint density at radius 1 is 1.31 bits per heavy atom. The van der Waals surface area contributed by atoms with E-state index in [-0.39, 0.29) is 17.6 Å². The highest BCUT2D eigenvalue weighted by Crippen LogP contribution is 2.33. The topological polar surface area (TPSA) is 85.9 Å². The molecule has 0 spiro atoms. The molecule has 7 heteroatoms. The van der Waals surface area contributed by atoms with Crippen LogP contribution in [-0.4, -0.2) is 37.1 Å². The van der Waals surface area contributed by atoms with Crippen molar-refractivity contribution >= 4 is 17.3 Å². The highest BCUT2D eigenvalue weighted by Gasteiger charge is 2.37. The zero-order valence-corrected chi connectivity index (χ0v) is 15.5. The Morgan fingerprint density at radius 3 is 2.73 bits per heavy atom. The van der Waals surface area contributed by atoms with Gasteiger partial charge in [-0.15, -0.1) is 0 Å². The molecule has 1 saturated heterocycles. The second-order valence-corrected chi connectivity index (χ2v) is 7.56. The first-order valence-corrected chi connectivity index (χ1v) is 9.47. The number of ether oxygens (including phenoxy) is 1. The second-order valence-electron chi connectivity index (χ2n) is 7.56. The lowest BCUT2D eigenvalue weighted by Crippen LogP contribution is -3.18. The predicted molar refractivity (Wildman–Crippen MR) is 98.5 cm³/mol. The number of carbonyl (C=O) groups excluding carboxylic acids is 1. The number of carbonyl (C=O) groups is 1. The molecule has 1 heterocycles. The second kappa shape index (κ2) is 8.03. The van der Waals surface area contributed by atoms with Gasteiger partial charge in [0.1, 0.15) is 5.75 Å². The van der Waals surface area contributed by atoms with E-state index in [1.54, 1.807) is 0 Å². The number of rotatable bonds is 5. The molecule has 4 atom stereocenters. The molecule has 1 aromatic rings. The molecular formula is C19H28N3O4+. The molecule has 7 nitrogen and oxygen atoms in total. The summed E-state index contributed by atoms with van der Waals surface area (Å²) in [7, 11) is 1.44. The minimum atomic E-state index is -0.477. The number of nitro groups is 1. The molecule has 1 unspecified atom stereocenters. The average molecular weight is 362 g/mol. The lowest BCUT2D eigenvalue weighted by atomic mass is 9.75. The lowest BCUT2D eigenvalue weighted by molar-refractivity contribution is -0.924. The number of likely N-dealkylation sites (tertiary alicyclic amines) is 1. The van der Waals surface area contributed by atoms with E-state index in [2.05, 4.69) is 5.32 Å². The number of piperidine rings is 1. The number of amides is 1. The van der Waals surface area contributed by atoms with Crippen LogP contribution < -0.4 is 15.0 Å². The summed E-state index contributed by atoms with van der Waals surface area (Å²) in [5.41, 5.74) is 0.416. The Balaban J connectivity index is 1.65. The normalized spacial score (nSPS) is 26.5. The first-order valence-electron chi connectivity index (χ1n) is 9.47. The quantitative estimate of drug-likeness (QED) is 0.620. The Labute approximate surface area is 153 Å². The number of nitrogens with one attached hydrogen (secondary N) is 2. The lowest BCUT2D eigenvalue weighted by Gasteiger charge is -2.40. The predicted octanol–water partition coefficient (Wildman–Crippen LogP) is 2.03. The highest BCUT2D eigenvalue weighted by molar-refractivity contribution is 5.95. The van der Waals surface area contributed by atoms with E-state index >= 15 is 0 Å². The fourth-order valence-corrected chi connectivity index (χ4v) is 4.46. The number of nitrogens with zero attached hydrogens (tertiary/aromatic N) is 1. The van der Waals surface area contributed by atoms with Gasteiger partial charge in [0.25, 0.3) is 11.6 Å². The van der Waals surface area contributed by atoms with E-state index in [9.17, 15) is 14.9 Å². The van der Waals surface area contributed by atoms with Crippen LogP contribution in [0.2, 0.25) is 0 Å². The van der Waals surface area contributed by atoms with Crippen molar-refractivity contribution in [2.45, 2.75) is 45.1 Å². The molecule has 0 aromatic heterocycles. The van der Waals surface area contributed by atoms with Crippen molar-refractivity contribution in [2.24, 2.45) is 11.8 Å². The van der Waals surface area contributed by atoms with Crippen LogP contribution in [0.15, 0.2) is 18.2 Å². The Hall–Kier alpha value is -2.15. The van der Waals surface area contributed by atoms with Gasteiger partial charge in [-0.25, -0.2) is 0 Å². The van der Waals surface area contributed by atoms with Crippen molar-refractivity contribution in [1.29, 1.82) is 0 Å². The van der Waals surface area contributed by atoms with Crippen molar-refractivity contribution in [3.05, 3.63) is 28.3 Å². The minimum Gasteiger partial charge on any atom is -0.494 e. The first kappa shape index (κ1) is 18.6. The molecule has 26 heavy (non-hydrogen) atoms. The largest absolute Gasteiger partial charge is 0.494 e. The van der Waals surface area contributed by atoms with Gasteiger partial charge in [-0.2, -0.15) is 0 Å². The van der Waals surface area contributed by atoms with Crippen LogP contribution in [0.25, 0.3) is 0 Å². The van der Waals surface area contributed by atoms with Gasteiger partial charge in [-0.1, -0.05) is 12.8 Å². The van der Waals surface area contributed by atoms with Crippen LogP contribution in [-0.2, 0) is 4.79 Å². The molecule has 2 fully saturated rings. The van der Waals surface area contributed by atoms with E-state index in [4.69, 9.17) is 4.74 Å². The van der Waals surface area contributed by atoms with Gasteiger partial charge in [0, 0.05) is 12.0 Å². The summed E-state index contributed by atoms with van der Waals surface area (Å²) in [6.07, 6.45) is 6.51. The van der Waals surface area contributed by atoms with Gasteiger partial charge >= 0.3 is 0 Å². The van der Waals surface area contributed by atoms with Crippen LogP contribution in [0.1, 0.15) is 39.0 Å². The van der Waals surface area contributed by atoms with E-state index in [0.29, 0.717) is 11.4 Å². The maximum Gasteiger partial charge on any atom is 0.282 e. The number of benzene rings is 1. The van der Waals surface area contributed by atoms with Crippen molar-refractivity contribution in [3.63, 3.8) is 0 Å². The van der Waals surface area contributed by atoms with Gasteiger partial charge in [0.2, 0.25) is 0 Å². The number of hydrogen-bond acceptors (Lipinski definition) is 4. The molecule has 1 amide bonds. The average Bonchev–Trinajstić information content (AvgIpc) is 2.67. The zero-order valence-electron chi connectivity index (χ0n) is 15.5. The molecule has 1 aliphatic heterocycles. The molecule has 3 rings (SSSR count). The maximum absolute atomic E-state index is 12.7. The molecule has 0 radical (unpaired) electrons. The van der Waals surface area contributed by atoms with Crippen molar-refractivity contribution in [3.8, 4) is 5.75 Å². The third kappa shape index (κ3) is 3.98. The Bertz CT molecular complexity index is 679. The van der Waals surface area contributed by atoms with E-state index in [1.165, 1.54) is 62.3 Å². The fourth-order valence-electron chi connectivity index (χ4n) is 4.46. The minimum absolute atomic E-state index is 0.0575. The molecule has 1 saturated carbocycles. The van der Waals surface area contributed by atoms with Crippen LogP contribution in [0, 0.1) is 22.0 Å². The first-order chi connectivity index (χ1) is 12.5. The smallest absolute Gasteiger partial charge is 0.282 e. The summed E-state index contributed by atoms with van der Waals surface area (Å²) in [6, 6.07) is 4.09. The van der Waals surface area contributed by atoms with E-state index in [1.807, 2.05) is 6.92 Å². The molecule has 142 valence electrons. The number of fused-ring (bicyclic) bond motifs is 1. The fraction of sp³-hybridized carbons (Fsp3) is 0.632. The highest BCUT2D eigenvalue weighted by atomic mass is 16.6. The molecule has 1 aliphatic carbocycles. The van der Waals surface area contributed by atoms with Gasteiger partial charge in [-0.05, 0) is 38.2 Å². The third-order valence-corrected chi connectivity index (χ3v) is 6.09. The monoisotopic (exact) mass is 362 g/mol. The summed E-state index contributed by atoms with van der Waals surface area (Å²) in [5, 5.41) is 13.8. The maximum atomic E-state index is 12.7. The Morgan fingerprint density at radius 2 is 2.04 bits per heavy atom. The van der Waals surface area contributed by atoms with Crippen LogP contribution in [0.3, 0.4) is 0 Å². The zero-order chi connectivity index (χ0) is 18.7. The van der Waals surface area contributed by atoms with Crippen molar-refractivity contribution < 1.29 is 19.4 Å². The van der Waals surface area contributed by atoms with Crippen molar-refractivity contribution in [2.75, 3.05) is 25.5 Å². The summed E-state index contributed by atoms with van der Waals surface area (Å²) in [4.78, 5) is 24.5. The van der Waals surface area contributed by atoms with Crippen molar-refractivity contribution in [1.82, 2.24) is 0 Å². The van der Waals surface area contributed by atoms with E-state index in [0.717, 1.165) is 24.9 Å². The summed E-state index contributed by atoms with van der Waals surface area (Å²) < 4.78 is 5.21. The third-order valence-electron chi connectivity index (χ3n) is 6.09. The number of quaternary nitrogens is 1. The molecule has 1 aromatic carbocycles. The molecule has 0 bridgehead atoms. The standard InChI is InChI=1S/C19H27N3O4/c1-13(21-10-9-14-5-3-4-6-15(14)12-21)19(23)20-17-8-7-16(22(24)25)11-18(17)26-2/h7-8,11,13-15H,3-6,9-10,12H2,1-2H3,(H,20,23)/p+1/t13-,14-,15+/m0/s1. The number of non-ortho nitro benzene ring substituents is 1. The van der Waals surface area contributed by atoms with Gasteiger partial charge < -0.3 is 15.0 Å². The summed E-state index contributed by atoms with van der Waals surface area (Å²) in [5.74, 6) is 1.83. The van der Waals surface area contributed by atoms with Gasteiger partial charge in [0.05, 0.1) is 36.9 Å². The SMILES string of the molecule is COc1cc([N+](=O)[O-])ccc1NC(=O)[C@H](C)[NH+]1CC[C@@H]2CCCC[C@@H]2C1. The molecule has 2 N–H and O–H groups in total. The Kier molecular flexibility index (Phi) is 5.76. The molecular weight excluding hydrogens is 334 g/mol. The summed E-state index contributed by atoms with van der Waals surface area (Å²) >= 11 is 0. The number of methoxy groups -OCH3 is 1.